The maximum Gasteiger partial charge on any atom is 0.244 e. The molecule has 0 bridgehead atoms. The van der Waals surface area contributed by atoms with Crippen LogP contribution in [-0.4, -0.2) is 50.4 Å². The minimum absolute atomic E-state index is 0.0741. The highest BCUT2D eigenvalue weighted by molar-refractivity contribution is 5.95. The number of pyridine rings is 1. The van der Waals surface area contributed by atoms with Crippen molar-refractivity contribution in [1.29, 1.82) is 0 Å². The van der Waals surface area contributed by atoms with Crippen LogP contribution in [0.15, 0.2) is 60.8 Å². The van der Waals surface area contributed by atoms with Gasteiger partial charge in [0.05, 0.1) is 0 Å². The zero-order valence-corrected chi connectivity index (χ0v) is 16.9. The Labute approximate surface area is 175 Å². The predicted octanol–water partition coefficient (Wildman–Crippen LogP) is 2.65. The number of amides is 2. The van der Waals surface area contributed by atoms with Crippen LogP contribution in [0.1, 0.15) is 37.1 Å². The quantitative estimate of drug-likeness (QED) is 0.664. The monoisotopic (exact) mass is 403 g/mol. The van der Waals surface area contributed by atoms with E-state index in [0.29, 0.717) is 13.1 Å². The topological polar surface area (TPSA) is 79.6 Å². The van der Waals surface area contributed by atoms with E-state index in [1.165, 1.54) is 6.08 Å². The smallest absolute Gasteiger partial charge is 0.244 e. The summed E-state index contributed by atoms with van der Waals surface area (Å²) in [5.41, 5.74) is 1.74. The molecule has 4 rings (SSSR count). The van der Waals surface area contributed by atoms with Crippen LogP contribution < -0.4 is 5.32 Å². The first-order valence-electron chi connectivity index (χ1n) is 10.2. The van der Waals surface area contributed by atoms with Gasteiger partial charge in [-0.25, -0.2) is 0 Å². The van der Waals surface area contributed by atoms with E-state index in [4.69, 9.17) is 0 Å². The molecule has 1 aliphatic rings. The van der Waals surface area contributed by atoms with Crippen LogP contribution in [0.4, 0.5) is 0 Å². The van der Waals surface area contributed by atoms with Crippen LogP contribution in [0.3, 0.4) is 0 Å². The maximum absolute atomic E-state index is 12.9. The molecule has 2 atom stereocenters. The number of likely N-dealkylation sites (tertiary alicyclic amines) is 1. The highest BCUT2D eigenvalue weighted by atomic mass is 16.2. The van der Waals surface area contributed by atoms with Crippen molar-refractivity contribution < 1.29 is 9.59 Å². The molecule has 0 unspecified atom stereocenters. The van der Waals surface area contributed by atoms with Crippen LogP contribution >= 0.6 is 0 Å². The van der Waals surface area contributed by atoms with Crippen molar-refractivity contribution in [2.24, 2.45) is 0 Å². The Kier molecular flexibility index (Phi) is 5.88. The van der Waals surface area contributed by atoms with Crippen LogP contribution in [-0.2, 0) is 9.59 Å². The fourth-order valence-electron chi connectivity index (χ4n) is 3.86. The highest BCUT2D eigenvalue weighted by Crippen LogP contribution is 2.26. The lowest BCUT2D eigenvalue weighted by Gasteiger charge is -2.33. The van der Waals surface area contributed by atoms with Gasteiger partial charge in [-0.05, 0) is 43.5 Å². The minimum atomic E-state index is -0.591. The van der Waals surface area contributed by atoms with Gasteiger partial charge in [-0.3, -0.25) is 14.0 Å². The molecule has 0 spiro atoms. The molecule has 154 valence electrons. The Morgan fingerprint density at radius 3 is 2.77 bits per heavy atom. The Balaban J connectivity index is 1.37. The summed E-state index contributed by atoms with van der Waals surface area (Å²) in [5.74, 6) is 0.651. The Bertz CT molecular complexity index is 1060. The first kappa shape index (κ1) is 19.8. The van der Waals surface area contributed by atoms with E-state index in [0.717, 1.165) is 29.9 Å². The molecular formula is C23H25N5O2. The first-order valence-corrected chi connectivity index (χ1v) is 10.2. The number of benzene rings is 1. The van der Waals surface area contributed by atoms with Crippen molar-refractivity contribution in [2.75, 3.05) is 13.1 Å². The fraction of sp³-hybridized carbons (Fsp3) is 0.304. The van der Waals surface area contributed by atoms with Crippen LogP contribution in [0.25, 0.3) is 11.7 Å². The average molecular weight is 403 g/mol. The molecule has 0 radical (unpaired) electrons. The maximum atomic E-state index is 12.9. The lowest BCUT2D eigenvalue weighted by Crippen LogP contribution is -2.49. The molecule has 0 aliphatic carbocycles. The minimum Gasteiger partial charge on any atom is -0.341 e. The van der Waals surface area contributed by atoms with E-state index in [2.05, 4.69) is 15.5 Å². The van der Waals surface area contributed by atoms with Gasteiger partial charge in [0.2, 0.25) is 11.8 Å². The summed E-state index contributed by atoms with van der Waals surface area (Å²) in [7, 11) is 0. The van der Waals surface area contributed by atoms with E-state index in [1.807, 2.05) is 64.0 Å². The summed E-state index contributed by atoms with van der Waals surface area (Å²) in [6.45, 7) is 2.99. The Morgan fingerprint density at radius 1 is 1.13 bits per heavy atom. The summed E-state index contributed by atoms with van der Waals surface area (Å²) >= 11 is 0. The van der Waals surface area contributed by atoms with Crippen molar-refractivity contribution >= 4 is 23.5 Å². The zero-order chi connectivity index (χ0) is 20.9. The van der Waals surface area contributed by atoms with Crippen molar-refractivity contribution in [2.45, 2.75) is 31.7 Å². The number of nitrogens with one attached hydrogen (secondary N) is 1. The summed E-state index contributed by atoms with van der Waals surface area (Å²) in [5, 5.41) is 11.4. The normalized spacial score (nSPS) is 17.9. The molecule has 0 saturated carbocycles. The summed E-state index contributed by atoms with van der Waals surface area (Å²) < 4.78 is 1.98. The van der Waals surface area contributed by atoms with Crippen molar-refractivity contribution in [1.82, 2.24) is 24.8 Å². The average Bonchev–Trinajstić information content (AvgIpc) is 3.22. The first-order chi connectivity index (χ1) is 14.6. The molecule has 1 N–H and O–H groups in total. The van der Waals surface area contributed by atoms with Gasteiger partial charge >= 0.3 is 0 Å². The Hall–Kier alpha value is -3.48. The lowest BCUT2D eigenvalue weighted by atomic mass is 9.96. The molecule has 2 aromatic heterocycles. The number of rotatable bonds is 5. The molecule has 1 aromatic carbocycles. The summed E-state index contributed by atoms with van der Waals surface area (Å²) in [6, 6.07) is 14.8. The van der Waals surface area contributed by atoms with Crippen LogP contribution in [0, 0.1) is 0 Å². The number of piperidine rings is 1. The third kappa shape index (κ3) is 4.40. The number of nitrogens with zero attached hydrogens (tertiary/aromatic N) is 4. The second kappa shape index (κ2) is 8.90. The largest absolute Gasteiger partial charge is 0.341 e. The van der Waals surface area contributed by atoms with Gasteiger partial charge in [-0.15, -0.1) is 10.2 Å². The number of fused-ring (bicyclic) bond motifs is 1. The van der Waals surface area contributed by atoms with Gasteiger partial charge in [0.15, 0.2) is 5.65 Å². The van der Waals surface area contributed by atoms with Crippen molar-refractivity contribution in [3.8, 4) is 0 Å². The number of hydrogen-bond donors (Lipinski definition) is 1. The van der Waals surface area contributed by atoms with Gasteiger partial charge in [0, 0.05) is 31.3 Å². The van der Waals surface area contributed by atoms with Gasteiger partial charge < -0.3 is 10.2 Å². The summed E-state index contributed by atoms with van der Waals surface area (Å²) in [4.78, 5) is 27.0. The van der Waals surface area contributed by atoms with Crippen molar-refractivity contribution in [3.05, 3.63) is 72.2 Å². The molecule has 1 fully saturated rings. The van der Waals surface area contributed by atoms with E-state index in [1.54, 1.807) is 13.0 Å². The standard InChI is InChI=1S/C23H25N5O2/c1-17(24-21(29)13-12-18-8-3-2-4-9-18)23(30)27-14-7-10-19(16-27)22-26-25-20-11-5-6-15-28(20)22/h2-6,8-9,11-13,15,17,19H,7,10,14,16H2,1H3,(H,24,29)/b13-12+/t17-,19-/m1/s1. The van der Waals surface area contributed by atoms with E-state index in [9.17, 15) is 9.59 Å². The molecule has 2 amide bonds. The van der Waals surface area contributed by atoms with Gasteiger partial charge in [-0.1, -0.05) is 36.4 Å². The van der Waals surface area contributed by atoms with Crippen LogP contribution in [0.5, 0.6) is 0 Å². The molecule has 7 nitrogen and oxygen atoms in total. The molecule has 7 heteroatoms. The third-order valence-electron chi connectivity index (χ3n) is 5.39. The van der Waals surface area contributed by atoms with E-state index in [-0.39, 0.29) is 17.7 Å². The third-order valence-corrected chi connectivity index (χ3v) is 5.39. The molecular weight excluding hydrogens is 378 g/mol. The Morgan fingerprint density at radius 2 is 1.93 bits per heavy atom. The molecule has 3 heterocycles. The number of carbonyl (C=O) groups excluding carboxylic acids is 2. The zero-order valence-electron chi connectivity index (χ0n) is 16.9. The second-order valence-corrected chi connectivity index (χ2v) is 7.58. The number of hydrogen-bond acceptors (Lipinski definition) is 4. The van der Waals surface area contributed by atoms with Gasteiger partial charge in [-0.2, -0.15) is 0 Å². The van der Waals surface area contributed by atoms with Crippen LogP contribution in [0.2, 0.25) is 0 Å². The lowest BCUT2D eigenvalue weighted by molar-refractivity contribution is -0.136. The molecule has 1 aliphatic heterocycles. The predicted molar refractivity (Wildman–Crippen MR) is 115 cm³/mol. The summed E-state index contributed by atoms with van der Waals surface area (Å²) in [6.07, 6.45) is 7.00. The highest BCUT2D eigenvalue weighted by Gasteiger charge is 2.30. The number of aromatic nitrogens is 3. The fourth-order valence-corrected chi connectivity index (χ4v) is 3.86. The second-order valence-electron chi connectivity index (χ2n) is 7.58. The SMILES string of the molecule is C[C@@H](NC(=O)/C=C/c1ccccc1)C(=O)N1CCC[C@@H](c2nnc3ccccn23)C1. The number of carbonyl (C=O) groups is 2. The molecule has 3 aromatic rings. The van der Waals surface area contributed by atoms with Crippen molar-refractivity contribution in [3.63, 3.8) is 0 Å². The van der Waals surface area contributed by atoms with E-state index >= 15 is 0 Å². The molecule has 30 heavy (non-hydrogen) atoms. The van der Waals surface area contributed by atoms with Gasteiger partial charge in [0.25, 0.3) is 0 Å². The van der Waals surface area contributed by atoms with E-state index < -0.39 is 6.04 Å². The molecule has 1 saturated heterocycles. The van der Waals surface area contributed by atoms with Gasteiger partial charge in [0.1, 0.15) is 11.9 Å².